The van der Waals surface area contributed by atoms with Crippen molar-refractivity contribution in [3.8, 4) is 17.0 Å². The summed E-state index contributed by atoms with van der Waals surface area (Å²) < 4.78 is 7.27. The van der Waals surface area contributed by atoms with Gasteiger partial charge in [0.05, 0.1) is 23.9 Å². The van der Waals surface area contributed by atoms with Gasteiger partial charge in [0.2, 0.25) is 0 Å². The average molecular weight is 301 g/mol. The molecular formula is C17H17ClN2O. The number of benzene rings is 1. The Morgan fingerprint density at radius 3 is 2.52 bits per heavy atom. The Bertz CT molecular complexity index is 775. The number of pyridine rings is 1. The Balaban J connectivity index is 2.22. The summed E-state index contributed by atoms with van der Waals surface area (Å²) in [5, 5.41) is -0.125. The lowest BCUT2D eigenvalue weighted by molar-refractivity contribution is 0.415. The molecule has 108 valence electrons. The number of imidazole rings is 1. The number of fused-ring (bicyclic) bond motifs is 1. The highest BCUT2D eigenvalue weighted by Gasteiger charge is 2.18. The highest BCUT2D eigenvalue weighted by atomic mass is 35.5. The lowest BCUT2D eigenvalue weighted by Gasteiger charge is -2.08. The van der Waals surface area contributed by atoms with Crippen molar-refractivity contribution in [1.29, 1.82) is 0 Å². The first kappa shape index (κ1) is 14.0. The lowest BCUT2D eigenvalue weighted by Crippen LogP contribution is -1.95. The Morgan fingerprint density at radius 2 is 1.90 bits per heavy atom. The van der Waals surface area contributed by atoms with Gasteiger partial charge in [0, 0.05) is 11.8 Å². The van der Waals surface area contributed by atoms with Crippen LogP contribution in [0.4, 0.5) is 0 Å². The highest BCUT2D eigenvalue weighted by molar-refractivity contribution is 6.20. The molecule has 0 aliphatic carbocycles. The molecule has 0 N–H and O–H groups in total. The second-order valence-corrected chi connectivity index (χ2v) is 5.78. The molecule has 0 aliphatic rings. The predicted molar refractivity (Wildman–Crippen MR) is 86.2 cm³/mol. The maximum Gasteiger partial charge on any atom is 0.137 e. The molecule has 1 unspecified atom stereocenters. The number of aromatic nitrogens is 2. The van der Waals surface area contributed by atoms with Crippen LogP contribution < -0.4 is 4.74 Å². The number of hydrogen-bond donors (Lipinski definition) is 0. The van der Waals surface area contributed by atoms with E-state index in [0.717, 1.165) is 28.3 Å². The normalized spacial score (nSPS) is 12.6. The summed E-state index contributed by atoms with van der Waals surface area (Å²) in [5.41, 5.74) is 5.08. The van der Waals surface area contributed by atoms with Crippen molar-refractivity contribution in [1.82, 2.24) is 9.38 Å². The molecule has 2 aromatic heterocycles. The zero-order valence-electron chi connectivity index (χ0n) is 12.3. The van der Waals surface area contributed by atoms with Gasteiger partial charge in [0.15, 0.2) is 0 Å². The fraction of sp³-hybridized carbons (Fsp3) is 0.235. The molecule has 3 rings (SSSR count). The molecule has 4 heteroatoms. The molecule has 0 saturated heterocycles. The average Bonchev–Trinajstić information content (AvgIpc) is 2.85. The highest BCUT2D eigenvalue weighted by Crippen LogP contribution is 2.32. The van der Waals surface area contributed by atoms with Crippen molar-refractivity contribution in [3.05, 3.63) is 53.9 Å². The van der Waals surface area contributed by atoms with Gasteiger partial charge in [-0.2, -0.15) is 0 Å². The van der Waals surface area contributed by atoms with E-state index in [1.54, 1.807) is 7.11 Å². The molecule has 0 radical (unpaired) electrons. The fourth-order valence-corrected chi connectivity index (χ4v) is 2.72. The number of nitrogens with zero attached hydrogens (tertiary/aromatic N) is 2. The van der Waals surface area contributed by atoms with Gasteiger partial charge in [-0.05, 0) is 55.8 Å². The van der Waals surface area contributed by atoms with Crippen molar-refractivity contribution in [2.24, 2.45) is 0 Å². The smallest absolute Gasteiger partial charge is 0.137 e. The molecule has 0 saturated carbocycles. The molecule has 0 spiro atoms. The Kier molecular flexibility index (Phi) is 3.60. The van der Waals surface area contributed by atoms with Gasteiger partial charge >= 0.3 is 0 Å². The molecule has 0 bridgehead atoms. The molecular weight excluding hydrogens is 284 g/mol. The summed E-state index contributed by atoms with van der Waals surface area (Å²) in [6, 6.07) is 12.0. The molecule has 0 amide bonds. The van der Waals surface area contributed by atoms with Crippen molar-refractivity contribution in [2.45, 2.75) is 19.2 Å². The fourth-order valence-electron chi connectivity index (χ4n) is 2.51. The van der Waals surface area contributed by atoms with Crippen LogP contribution in [0.1, 0.15) is 23.6 Å². The SMILES string of the molecule is COc1ccc(-c2nc3cc(C)ccn3c2C(C)Cl)cc1. The molecule has 3 aromatic rings. The van der Waals surface area contributed by atoms with E-state index in [9.17, 15) is 0 Å². The Hall–Kier alpha value is -2.00. The van der Waals surface area contributed by atoms with E-state index in [1.165, 1.54) is 5.56 Å². The van der Waals surface area contributed by atoms with E-state index in [2.05, 4.69) is 23.5 Å². The first-order valence-corrected chi connectivity index (χ1v) is 7.31. The van der Waals surface area contributed by atoms with E-state index in [4.69, 9.17) is 21.3 Å². The van der Waals surface area contributed by atoms with Crippen LogP contribution in [0.5, 0.6) is 5.75 Å². The molecule has 1 atom stereocenters. The molecule has 3 nitrogen and oxygen atoms in total. The second kappa shape index (κ2) is 5.41. The molecule has 2 heterocycles. The molecule has 21 heavy (non-hydrogen) atoms. The van der Waals surface area contributed by atoms with Crippen LogP contribution in [0.25, 0.3) is 16.9 Å². The van der Waals surface area contributed by atoms with E-state index < -0.39 is 0 Å². The number of methoxy groups -OCH3 is 1. The topological polar surface area (TPSA) is 26.5 Å². The quantitative estimate of drug-likeness (QED) is 0.660. The number of alkyl halides is 1. The van der Waals surface area contributed by atoms with E-state index in [1.807, 2.05) is 37.4 Å². The van der Waals surface area contributed by atoms with Crippen molar-refractivity contribution in [2.75, 3.05) is 7.11 Å². The van der Waals surface area contributed by atoms with Crippen LogP contribution in [0.3, 0.4) is 0 Å². The number of rotatable bonds is 3. The van der Waals surface area contributed by atoms with Crippen LogP contribution in [0.2, 0.25) is 0 Å². The summed E-state index contributed by atoms with van der Waals surface area (Å²) >= 11 is 6.39. The van der Waals surface area contributed by atoms with E-state index >= 15 is 0 Å². The van der Waals surface area contributed by atoms with E-state index in [0.29, 0.717) is 0 Å². The minimum atomic E-state index is -0.125. The predicted octanol–water partition coefficient (Wildman–Crippen LogP) is 4.62. The third-order valence-corrected chi connectivity index (χ3v) is 3.77. The monoisotopic (exact) mass is 300 g/mol. The van der Waals surface area contributed by atoms with Gasteiger partial charge in [-0.15, -0.1) is 11.6 Å². The van der Waals surface area contributed by atoms with Gasteiger partial charge in [0.1, 0.15) is 11.4 Å². The summed E-state index contributed by atoms with van der Waals surface area (Å²) in [4.78, 5) is 4.76. The number of aryl methyl sites for hydroxylation is 1. The van der Waals surface area contributed by atoms with Gasteiger partial charge in [0.25, 0.3) is 0 Å². The maximum absolute atomic E-state index is 6.39. The summed E-state index contributed by atoms with van der Waals surface area (Å²) in [6.45, 7) is 4.03. The number of ether oxygens (including phenoxy) is 1. The Labute approximate surface area is 129 Å². The standard InChI is InChI=1S/C17H17ClN2O/c1-11-8-9-20-15(10-11)19-16(17(20)12(2)18)13-4-6-14(21-3)7-5-13/h4-10,12H,1-3H3. The van der Waals surface area contributed by atoms with Gasteiger partial charge in [-0.25, -0.2) is 4.98 Å². The summed E-state index contributed by atoms with van der Waals surface area (Å²) in [6.07, 6.45) is 2.03. The largest absolute Gasteiger partial charge is 0.497 e. The van der Waals surface area contributed by atoms with Crippen LogP contribution in [-0.2, 0) is 0 Å². The molecule has 1 aromatic carbocycles. The second-order valence-electron chi connectivity index (χ2n) is 5.12. The first-order valence-electron chi connectivity index (χ1n) is 6.87. The van der Waals surface area contributed by atoms with Crippen molar-refractivity contribution < 1.29 is 4.74 Å². The first-order chi connectivity index (χ1) is 10.1. The van der Waals surface area contributed by atoms with Gasteiger partial charge in [-0.3, -0.25) is 0 Å². The zero-order chi connectivity index (χ0) is 15.0. The van der Waals surface area contributed by atoms with Crippen LogP contribution in [0.15, 0.2) is 42.6 Å². The number of halogens is 1. The maximum atomic E-state index is 6.39. The molecule has 0 aliphatic heterocycles. The minimum absolute atomic E-state index is 0.125. The summed E-state index contributed by atoms with van der Waals surface area (Å²) in [5.74, 6) is 0.832. The van der Waals surface area contributed by atoms with E-state index in [-0.39, 0.29) is 5.38 Å². The summed E-state index contributed by atoms with van der Waals surface area (Å²) in [7, 11) is 1.66. The Morgan fingerprint density at radius 1 is 1.19 bits per heavy atom. The van der Waals surface area contributed by atoms with Crippen LogP contribution >= 0.6 is 11.6 Å². The third-order valence-electron chi connectivity index (χ3n) is 3.56. The number of hydrogen-bond acceptors (Lipinski definition) is 2. The van der Waals surface area contributed by atoms with Gasteiger partial charge in [-0.1, -0.05) is 0 Å². The van der Waals surface area contributed by atoms with Crippen molar-refractivity contribution >= 4 is 17.2 Å². The zero-order valence-corrected chi connectivity index (χ0v) is 13.1. The lowest BCUT2D eigenvalue weighted by atomic mass is 10.1. The van der Waals surface area contributed by atoms with Crippen molar-refractivity contribution in [3.63, 3.8) is 0 Å². The third kappa shape index (κ3) is 2.49. The molecule has 0 fully saturated rings. The van der Waals surface area contributed by atoms with Crippen LogP contribution in [0, 0.1) is 6.92 Å². The minimum Gasteiger partial charge on any atom is -0.497 e. The van der Waals surface area contributed by atoms with Gasteiger partial charge < -0.3 is 9.14 Å². The van der Waals surface area contributed by atoms with Crippen LogP contribution in [-0.4, -0.2) is 16.5 Å².